The Kier molecular flexibility index (Phi) is 29.1. The number of carbonyl (C=O) groups is 4. The molecule has 380 valence electrons. The van der Waals surface area contributed by atoms with Gasteiger partial charge >= 0.3 is 6.09 Å². The number of amides is 4. The third-order valence-corrected chi connectivity index (χ3v) is 11.6. The van der Waals surface area contributed by atoms with E-state index >= 15 is 0 Å². The van der Waals surface area contributed by atoms with Crippen LogP contribution in [0.15, 0.2) is 70.9 Å². The van der Waals surface area contributed by atoms with E-state index in [0.717, 1.165) is 58.6 Å². The molecule has 1 aromatic carbocycles. The number of primary amides is 1. The molecule has 4 amide bonds. The van der Waals surface area contributed by atoms with E-state index in [-0.39, 0.29) is 53.0 Å². The topological polar surface area (TPSA) is 156 Å². The van der Waals surface area contributed by atoms with E-state index < -0.39 is 18.2 Å². The van der Waals surface area contributed by atoms with Gasteiger partial charge in [0.15, 0.2) is 0 Å². The number of nitrogens with two attached hydrogens (primary N) is 1. The molecule has 12 nitrogen and oxygen atoms in total. The van der Waals surface area contributed by atoms with E-state index in [1.807, 2.05) is 93.3 Å². The lowest BCUT2D eigenvalue weighted by Gasteiger charge is -2.34. The first kappa shape index (κ1) is 62.6. The summed E-state index contributed by atoms with van der Waals surface area (Å²) in [6.07, 6.45) is 11.9. The van der Waals surface area contributed by atoms with Crippen LogP contribution in [0.2, 0.25) is 0 Å². The zero-order chi connectivity index (χ0) is 52.5. The summed E-state index contributed by atoms with van der Waals surface area (Å²) in [6, 6.07) is 5.38. The van der Waals surface area contributed by atoms with Gasteiger partial charge in [0, 0.05) is 69.6 Å². The van der Waals surface area contributed by atoms with Crippen LogP contribution in [0, 0.1) is 35.0 Å². The Morgan fingerprint density at radius 1 is 0.985 bits per heavy atom. The predicted octanol–water partition coefficient (Wildman–Crippen LogP) is 11.3. The molecule has 0 saturated heterocycles. The molecular weight excluding hydrogens is 853 g/mol. The highest BCUT2D eigenvalue weighted by Crippen LogP contribution is 2.46. The van der Waals surface area contributed by atoms with Crippen molar-refractivity contribution in [3.63, 3.8) is 0 Å². The number of alkyl carbamates (subject to hydrolysis) is 1. The van der Waals surface area contributed by atoms with Gasteiger partial charge in [-0.3, -0.25) is 19.4 Å². The van der Waals surface area contributed by atoms with Crippen molar-refractivity contribution in [1.29, 1.82) is 0 Å². The Bertz CT molecular complexity index is 2020. The highest BCUT2D eigenvalue weighted by molar-refractivity contribution is 5.94. The third kappa shape index (κ3) is 20.4. The summed E-state index contributed by atoms with van der Waals surface area (Å²) in [4.78, 5) is 57.6. The summed E-state index contributed by atoms with van der Waals surface area (Å²) in [6.45, 7) is 39.3. The second-order valence-corrected chi connectivity index (χ2v) is 18.2. The summed E-state index contributed by atoms with van der Waals surface area (Å²) in [5, 5.41) is 6.44. The van der Waals surface area contributed by atoms with Gasteiger partial charge in [-0.2, -0.15) is 0 Å². The minimum Gasteiger partial charge on any atom is -0.453 e. The second kappa shape index (κ2) is 31.6. The van der Waals surface area contributed by atoms with Gasteiger partial charge < -0.3 is 35.6 Å². The molecular formula is C56H90N6O6. The molecule has 1 saturated carbocycles. The first-order valence-electron chi connectivity index (χ1n) is 24.5. The third-order valence-electron chi connectivity index (χ3n) is 11.6. The molecule has 5 atom stereocenters. The van der Waals surface area contributed by atoms with Gasteiger partial charge in [-0.1, -0.05) is 112 Å². The van der Waals surface area contributed by atoms with Crippen LogP contribution in [0.3, 0.4) is 0 Å². The fourth-order valence-corrected chi connectivity index (χ4v) is 7.69. The van der Waals surface area contributed by atoms with Crippen molar-refractivity contribution in [2.24, 2.45) is 33.9 Å². The molecule has 0 radical (unpaired) electrons. The largest absolute Gasteiger partial charge is 0.453 e. The Balaban J connectivity index is 0.00000524. The van der Waals surface area contributed by atoms with Crippen LogP contribution in [0.4, 0.5) is 10.5 Å². The smallest absolute Gasteiger partial charge is 0.407 e. The summed E-state index contributed by atoms with van der Waals surface area (Å²) < 4.78 is 10.5. The Morgan fingerprint density at radius 2 is 1.59 bits per heavy atom. The van der Waals surface area contributed by atoms with Crippen LogP contribution in [0.25, 0.3) is 11.6 Å². The number of aliphatic imine (C=N–C) groups is 1. The van der Waals surface area contributed by atoms with Gasteiger partial charge in [0.25, 0.3) is 5.91 Å². The van der Waals surface area contributed by atoms with Crippen LogP contribution in [-0.2, 0) is 23.9 Å². The monoisotopic (exact) mass is 943 g/mol. The van der Waals surface area contributed by atoms with E-state index in [2.05, 4.69) is 98.9 Å². The quantitative estimate of drug-likeness (QED) is 0.0629. The molecule has 5 unspecified atom stereocenters. The highest BCUT2D eigenvalue weighted by Gasteiger charge is 2.41. The van der Waals surface area contributed by atoms with Crippen LogP contribution < -0.4 is 16.4 Å². The molecule has 4 N–H and O–H groups in total. The van der Waals surface area contributed by atoms with E-state index in [1.165, 1.54) is 19.6 Å². The lowest BCUT2D eigenvalue weighted by atomic mass is 9.88. The van der Waals surface area contributed by atoms with Crippen LogP contribution in [0.1, 0.15) is 148 Å². The minimum atomic E-state index is -0.751. The van der Waals surface area contributed by atoms with E-state index in [0.29, 0.717) is 19.5 Å². The molecule has 2 aliphatic rings. The highest BCUT2D eigenvalue weighted by atomic mass is 16.5. The van der Waals surface area contributed by atoms with Crippen molar-refractivity contribution >= 4 is 46.9 Å². The molecule has 0 aliphatic heterocycles. The van der Waals surface area contributed by atoms with E-state index in [4.69, 9.17) is 14.5 Å². The van der Waals surface area contributed by atoms with Crippen molar-refractivity contribution in [1.82, 2.24) is 15.1 Å². The molecule has 3 rings (SSSR count). The maximum absolute atomic E-state index is 13.9. The molecule has 0 spiro atoms. The predicted molar refractivity (Wildman–Crippen MR) is 286 cm³/mol. The maximum Gasteiger partial charge on any atom is 0.407 e. The molecule has 0 aromatic heterocycles. The molecule has 1 fully saturated rings. The molecule has 2 aliphatic carbocycles. The normalized spacial score (nSPS) is 16.6. The maximum atomic E-state index is 13.9. The first-order chi connectivity index (χ1) is 32.0. The van der Waals surface area contributed by atoms with Crippen molar-refractivity contribution in [3.8, 4) is 11.8 Å². The molecule has 0 bridgehead atoms. The second-order valence-electron chi connectivity index (χ2n) is 18.2. The molecule has 68 heavy (non-hydrogen) atoms. The van der Waals surface area contributed by atoms with Crippen molar-refractivity contribution in [2.45, 2.75) is 161 Å². The fourth-order valence-electron chi connectivity index (χ4n) is 7.69. The lowest BCUT2D eigenvalue weighted by Crippen LogP contribution is -2.55. The number of likely N-dealkylation sites (N-methyl/N-ethyl adjacent to an activating group) is 1. The first-order valence-corrected chi connectivity index (χ1v) is 24.5. The van der Waals surface area contributed by atoms with Gasteiger partial charge in [-0.15, -0.1) is 11.8 Å². The summed E-state index contributed by atoms with van der Waals surface area (Å²) in [7, 11) is 2.91. The van der Waals surface area contributed by atoms with Crippen LogP contribution in [-0.4, -0.2) is 97.4 Å². The van der Waals surface area contributed by atoms with Crippen LogP contribution >= 0.6 is 0 Å². The van der Waals surface area contributed by atoms with Gasteiger partial charge in [0.2, 0.25) is 11.8 Å². The lowest BCUT2D eigenvalue weighted by molar-refractivity contribution is -0.145. The Morgan fingerprint density at radius 3 is 2.07 bits per heavy atom. The molecule has 1 aromatic rings. The van der Waals surface area contributed by atoms with Crippen LogP contribution in [0.5, 0.6) is 0 Å². The fraction of sp³-hybridized carbons (Fsp3) is 0.589. The summed E-state index contributed by atoms with van der Waals surface area (Å²) >= 11 is 0. The van der Waals surface area contributed by atoms with Crippen molar-refractivity contribution < 1.29 is 28.7 Å². The number of anilines is 1. The summed E-state index contributed by atoms with van der Waals surface area (Å²) in [5.41, 5.74) is 12.9. The number of carbonyl (C=O) groups excluding carboxylic acids is 4. The van der Waals surface area contributed by atoms with Crippen molar-refractivity contribution in [2.75, 3.05) is 39.2 Å². The zero-order valence-electron chi connectivity index (χ0n) is 45.5. The number of hydrogen-bond donors (Lipinski definition) is 3. The molecule has 12 heteroatoms. The number of benzene rings is 1. The zero-order valence-corrected chi connectivity index (χ0v) is 45.5. The number of ether oxygens (including phenoxy) is 2. The number of methoxy groups -OCH3 is 2. The van der Waals surface area contributed by atoms with Gasteiger partial charge in [0.1, 0.15) is 12.1 Å². The SMILES string of the molecule is C=C(C)/C=C\c1cc(C2=CC=C(/C(C)=C/N=C(C)C(CC#CC)N(CC)C(=O)C(NC(=O)OC)C(C)C)C2C)ccc1NC(C)CN(CC1(C)CC1)C(=O)C(OC)C(C)C.CC.CC.CC(N)=O. The average Bonchev–Trinajstić information content (AvgIpc) is 3.90. The Hall–Kier alpha value is -5.41. The van der Waals surface area contributed by atoms with Gasteiger partial charge in [-0.25, -0.2) is 4.79 Å². The van der Waals surface area contributed by atoms with Gasteiger partial charge in [-0.05, 0) is 112 Å². The number of rotatable bonds is 21. The average molecular weight is 943 g/mol. The van der Waals surface area contributed by atoms with Crippen molar-refractivity contribution in [3.05, 3.63) is 77.1 Å². The molecule has 0 heterocycles. The summed E-state index contributed by atoms with van der Waals surface area (Å²) in [5.74, 6) is 5.67. The minimum absolute atomic E-state index is 0.0113. The number of nitrogens with zero attached hydrogens (tertiary/aromatic N) is 3. The van der Waals surface area contributed by atoms with Gasteiger partial charge in [0.05, 0.1) is 13.2 Å². The number of nitrogens with one attached hydrogen (secondary N) is 2. The number of hydrogen-bond acceptors (Lipinski definition) is 8. The Labute approximate surface area is 412 Å². The van der Waals surface area contributed by atoms with E-state index in [9.17, 15) is 19.2 Å². The number of allylic oxidation sites excluding steroid dienone is 7. The van der Waals surface area contributed by atoms with E-state index in [1.54, 1.807) is 18.9 Å². The standard InChI is InChI=1S/C50H73N5O5.C2H5NO.2C2H6/c1-16-18-19-44(55(17-2)47(56)45(33(5)6)53-49(58)60-15)38(12)51-29-35(9)41-23-24-42(37(41)11)39-22-25-43(40(28-39)21-20-32(3)4)52-36(10)30-54(31-50(13)26-27-50)48(57)46(59-14)34(7)8;1-2(3)4;2*1-2/h20-25,28-29,33-34,36-37,44-46,52H,3,17,19,26-27,30-31H2,1-2,4-15H3,(H,53,58);1H3,(H2,3,4);2*1-2H3/b21-20-,35-29+,51-38?;;;.